The van der Waals surface area contributed by atoms with Gasteiger partial charge in [-0.1, -0.05) is 60.7 Å². The van der Waals surface area contributed by atoms with Gasteiger partial charge in [0.2, 0.25) is 0 Å². The van der Waals surface area contributed by atoms with Crippen LogP contribution in [0.1, 0.15) is 21.5 Å². The molecule has 0 radical (unpaired) electrons. The van der Waals surface area contributed by atoms with Crippen molar-refractivity contribution in [3.05, 3.63) is 119 Å². The Hall–Kier alpha value is -4.58. The van der Waals surface area contributed by atoms with Gasteiger partial charge in [0.25, 0.3) is 5.91 Å². The van der Waals surface area contributed by atoms with Crippen LogP contribution in [0.25, 0.3) is 10.9 Å². The summed E-state index contributed by atoms with van der Waals surface area (Å²) >= 11 is 0. The number of hydrogen-bond donors (Lipinski definition) is 1. The largest absolute Gasteiger partial charge is 0.327 e. The van der Waals surface area contributed by atoms with Gasteiger partial charge in [0.05, 0.1) is 11.3 Å². The maximum Gasteiger partial charge on any atom is 0.259 e. The number of nitrogens with zero attached hydrogens (tertiary/aromatic N) is 3. The minimum Gasteiger partial charge on any atom is -0.327 e. The van der Waals surface area contributed by atoms with Crippen LogP contribution in [0.15, 0.2) is 107 Å². The van der Waals surface area contributed by atoms with Crippen molar-refractivity contribution in [1.82, 2.24) is 4.57 Å². The molecular formula is C28H22N4O2. The topological polar surface area (TPSA) is 75.8 Å². The second-order valence-electron chi connectivity index (χ2n) is 8.10. The van der Waals surface area contributed by atoms with Crippen LogP contribution in [0.5, 0.6) is 0 Å². The quantitative estimate of drug-likeness (QED) is 0.370. The van der Waals surface area contributed by atoms with E-state index in [2.05, 4.69) is 21.6 Å². The number of nitrogens with one attached hydrogen (secondary N) is 1. The molecule has 0 saturated heterocycles. The number of aromatic nitrogens is 1. The number of carbonyl (C=O) groups is 2. The molecule has 1 aliphatic carbocycles. The number of allylic oxidation sites excluding steroid dienone is 1. The van der Waals surface area contributed by atoms with E-state index in [1.54, 1.807) is 24.3 Å². The van der Waals surface area contributed by atoms with Gasteiger partial charge in [-0.15, -0.1) is 10.2 Å². The first-order valence-corrected chi connectivity index (χ1v) is 10.9. The van der Waals surface area contributed by atoms with Gasteiger partial charge in [0.1, 0.15) is 0 Å². The Labute approximate surface area is 196 Å². The highest BCUT2D eigenvalue weighted by molar-refractivity contribution is 6.37. The molecule has 0 fully saturated rings. The van der Waals surface area contributed by atoms with Crippen molar-refractivity contribution >= 4 is 34.0 Å². The third-order valence-electron chi connectivity index (χ3n) is 5.89. The van der Waals surface area contributed by atoms with E-state index in [0.29, 0.717) is 28.0 Å². The van der Waals surface area contributed by atoms with Crippen LogP contribution in [0.4, 0.5) is 5.69 Å². The zero-order chi connectivity index (χ0) is 23.7. The van der Waals surface area contributed by atoms with E-state index < -0.39 is 5.91 Å². The summed E-state index contributed by atoms with van der Waals surface area (Å²) in [5.74, 6) is -0.819. The Bertz CT molecular complexity index is 1580. The van der Waals surface area contributed by atoms with Gasteiger partial charge in [-0.3, -0.25) is 9.59 Å². The minimum absolute atomic E-state index is 0.0237. The maximum absolute atomic E-state index is 13.1. The molecule has 0 atom stereocenters. The SMILES string of the molecule is Cc1c/c(=N/N=C2/C=C(C(=O)Nc3ccccc3)C(=O)c3ccccc32)n(C)c2ccccc12. The molecule has 34 heavy (non-hydrogen) atoms. The summed E-state index contributed by atoms with van der Waals surface area (Å²) in [4.78, 5) is 26.1. The lowest BCUT2D eigenvalue weighted by Crippen LogP contribution is -2.26. The highest BCUT2D eigenvalue weighted by Gasteiger charge is 2.28. The fraction of sp³-hybridized carbons (Fsp3) is 0.0714. The highest BCUT2D eigenvalue weighted by Crippen LogP contribution is 2.23. The summed E-state index contributed by atoms with van der Waals surface area (Å²) < 4.78 is 1.97. The van der Waals surface area contributed by atoms with E-state index in [4.69, 9.17) is 0 Å². The first-order chi connectivity index (χ1) is 16.5. The molecule has 0 bridgehead atoms. The van der Waals surface area contributed by atoms with Crippen molar-refractivity contribution in [3.8, 4) is 0 Å². The minimum atomic E-state index is -0.481. The van der Waals surface area contributed by atoms with Crippen molar-refractivity contribution in [2.75, 3.05) is 5.32 Å². The number of rotatable bonds is 3. The molecule has 1 N–H and O–H groups in total. The number of Topliss-reactive ketones (excluding diaryl/α,β-unsaturated/α-hetero) is 1. The number of anilines is 1. The first kappa shape index (κ1) is 21.3. The molecule has 6 nitrogen and oxygen atoms in total. The average Bonchev–Trinajstić information content (AvgIpc) is 2.87. The van der Waals surface area contributed by atoms with Crippen molar-refractivity contribution in [3.63, 3.8) is 0 Å². The summed E-state index contributed by atoms with van der Waals surface area (Å²) in [6, 6.07) is 26.2. The Morgan fingerprint density at radius 1 is 0.853 bits per heavy atom. The van der Waals surface area contributed by atoms with Gasteiger partial charge in [0.15, 0.2) is 11.3 Å². The van der Waals surface area contributed by atoms with E-state index in [0.717, 1.165) is 16.5 Å². The summed E-state index contributed by atoms with van der Waals surface area (Å²) in [5, 5.41) is 12.9. The molecule has 0 spiro atoms. The highest BCUT2D eigenvalue weighted by atomic mass is 16.2. The Morgan fingerprint density at radius 2 is 1.53 bits per heavy atom. The summed E-state index contributed by atoms with van der Waals surface area (Å²) in [5.41, 5.74) is 4.96. The van der Waals surface area contributed by atoms with Crippen LogP contribution in [0, 0.1) is 6.92 Å². The van der Waals surface area contributed by atoms with Gasteiger partial charge in [-0.25, -0.2) is 0 Å². The number of aryl methyl sites for hydroxylation is 2. The van der Waals surface area contributed by atoms with E-state index in [1.165, 1.54) is 6.08 Å². The van der Waals surface area contributed by atoms with Crippen LogP contribution < -0.4 is 10.8 Å². The number of hydrogen-bond acceptors (Lipinski definition) is 4. The molecule has 166 valence electrons. The molecule has 1 aliphatic rings. The number of pyridine rings is 1. The van der Waals surface area contributed by atoms with Crippen LogP contribution in [-0.2, 0) is 11.8 Å². The number of amides is 1. The summed E-state index contributed by atoms with van der Waals surface area (Å²) in [6.45, 7) is 2.04. The predicted octanol–water partition coefficient (Wildman–Crippen LogP) is 4.55. The molecule has 6 heteroatoms. The Balaban J connectivity index is 1.62. The number of fused-ring (bicyclic) bond motifs is 2. The molecule has 1 heterocycles. The molecule has 3 aromatic carbocycles. The van der Waals surface area contributed by atoms with Crippen LogP contribution in [0.3, 0.4) is 0 Å². The first-order valence-electron chi connectivity index (χ1n) is 10.9. The van der Waals surface area contributed by atoms with Crippen LogP contribution in [-0.4, -0.2) is 22.0 Å². The van der Waals surface area contributed by atoms with Gasteiger partial charge in [-0.05, 0) is 42.8 Å². The zero-order valence-corrected chi connectivity index (χ0v) is 18.8. The van der Waals surface area contributed by atoms with Crippen LogP contribution in [0.2, 0.25) is 0 Å². The van der Waals surface area contributed by atoms with E-state index >= 15 is 0 Å². The number of ketones is 1. The fourth-order valence-electron chi connectivity index (χ4n) is 4.09. The standard InChI is InChI=1S/C28H22N4O2/c1-18-16-26(32(2)25-15-9-8-12-20(18)25)31-30-24-17-23(27(33)22-14-7-6-13-21(22)24)28(34)29-19-10-4-3-5-11-19/h3-17H,1-2H3,(H,29,34)/b30-24-,31-26-. The lowest BCUT2D eigenvalue weighted by atomic mass is 9.88. The molecule has 0 aliphatic heterocycles. The molecule has 4 aromatic rings. The molecule has 1 amide bonds. The summed E-state index contributed by atoms with van der Waals surface area (Å²) in [7, 11) is 1.94. The average molecular weight is 447 g/mol. The second-order valence-corrected chi connectivity index (χ2v) is 8.10. The van der Waals surface area contributed by atoms with Crippen molar-refractivity contribution < 1.29 is 9.59 Å². The molecule has 0 saturated carbocycles. The van der Waals surface area contributed by atoms with Gasteiger partial charge in [-0.2, -0.15) is 0 Å². The normalized spacial score (nSPS) is 14.8. The lowest BCUT2D eigenvalue weighted by Gasteiger charge is -2.16. The monoisotopic (exact) mass is 446 g/mol. The number of carbonyl (C=O) groups excluding carboxylic acids is 2. The van der Waals surface area contributed by atoms with E-state index in [9.17, 15) is 9.59 Å². The maximum atomic E-state index is 13.1. The third-order valence-corrected chi connectivity index (χ3v) is 5.89. The number of para-hydroxylation sites is 2. The second kappa shape index (κ2) is 8.75. The summed E-state index contributed by atoms with van der Waals surface area (Å²) in [6.07, 6.45) is 1.51. The van der Waals surface area contributed by atoms with Crippen molar-refractivity contribution in [1.29, 1.82) is 0 Å². The van der Waals surface area contributed by atoms with Crippen molar-refractivity contribution in [2.24, 2.45) is 17.3 Å². The fourth-order valence-corrected chi connectivity index (χ4v) is 4.09. The zero-order valence-electron chi connectivity index (χ0n) is 18.8. The Kier molecular flexibility index (Phi) is 5.47. The molecular weight excluding hydrogens is 424 g/mol. The van der Waals surface area contributed by atoms with E-state index in [-0.39, 0.29) is 11.4 Å². The molecule has 0 unspecified atom stereocenters. The van der Waals surface area contributed by atoms with Gasteiger partial charge >= 0.3 is 0 Å². The van der Waals surface area contributed by atoms with Crippen molar-refractivity contribution in [2.45, 2.75) is 6.92 Å². The van der Waals surface area contributed by atoms with E-state index in [1.807, 2.05) is 73.1 Å². The Morgan fingerprint density at radius 3 is 2.32 bits per heavy atom. The van der Waals surface area contributed by atoms with Gasteiger partial charge < -0.3 is 9.88 Å². The molecule has 1 aromatic heterocycles. The predicted molar refractivity (Wildman–Crippen MR) is 134 cm³/mol. The third kappa shape index (κ3) is 3.86. The van der Waals surface area contributed by atoms with Gasteiger partial charge in [0, 0.05) is 34.8 Å². The smallest absolute Gasteiger partial charge is 0.259 e. The number of benzene rings is 3. The van der Waals surface area contributed by atoms with Crippen LogP contribution >= 0.6 is 0 Å². The lowest BCUT2D eigenvalue weighted by molar-refractivity contribution is -0.112. The molecule has 5 rings (SSSR count).